The Hall–Kier alpha value is -1.03. The van der Waals surface area contributed by atoms with Crippen molar-refractivity contribution in [3.8, 4) is 0 Å². The van der Waals surface area contributed by atoms with Crippen LogP contribution in [0.15, 0.2) is 22.7 Å². The molecule has 0 fully saturated rings. The quantitative estimate of drug-likeness (QED) is 0.919. The van der Waals surface area contributed by atoms with Gasteiger partial charge in [0.25, 0.3) is 0 Å². The lowest BCUT2D eigenvalue weighted by Crippen LogP contribution is -2.12. The number of carbonyl (C=O) groups is 1. The Morgan fingerprint density at radius 1 is 1.47 bits per heavy atom. The van der Waals surface area contributed by atoms with E-state index in [1.54, 1.807) is 6.92 Å². The van der Waals surface area contributed by atoms with Crippen molar-refractivity contribution in [3.05, 3.63) is 28.2 Å². The second kappa shape index (κ2) is 4.66. The van der Waals surface area contributed by atoms with Gasteiger partial charge in [-0.05, 0) is 40.5 Å². The van der Waals surface area contributed by atoms with Crippen molar-refractivity contribution in [1.82, 2.24) is 0 Å². The summed E-state index contributed by atoms with van der Waals surface area (Å²) in [7, 11) is 3.85. The summed E-state index contributed by atoms with van der Waals surface area (Å²) >= 11 is 3.43. The van der Waals surface area contributed by atoms with Crippen molar-refractivity contribution in [2.75, 3.05) is 19.0 Å². The average Bonchev–Trinajstić information content (AvgIpc) is 2.16. The highest BCUT2D eigenvalue weighted by molar-refractivity contribution is 9.10. The van der Waals surface area contributed by atoms with Crippen LogP contribution in [0.2, 0.25) is 0 Å². The van der Waals surface area contributed by atoms with Gasteiger partial charge in [-0.1, -0.05) is 6.07 Å². The van der Waals surface area contributed by atoms with Gasteiger partial charge in [0.2, 0.25) is 0 Å². The SMILES string of the molecule is CC(C(=O)O)c1ccc(Br)c(N(C)C)c1. The maximum absolute atomic E-state index is 10.8. The molecule has 1 atom stereocenters. The van der Waals surface area contributed by atoms with E-state index in [2.05, 4.69) is 15.9 Å². The minimum atomic E-state index is -0.804. The zero-order chi connectivity index (χ0) is 11.6. The Balaban J connectivity index is 3.13. The molecule has 0 amide bonds. The van der Waals surface area contributed by atoms with E-state index in [1.807, 2.05) is 37.2 Å². The third kappa shape index (κ3) is 2.72. The molecule has 0 aliphatic heterocycles. The molecule has 1 aromatic rings. The molecule has 0 heterocycles. The fourth-order valence-corrected chi connectivity index (χ4v) is 1.89. The highest BCUT2D eigenvalue weighted by atomic mass is 79.9. The smallest absolute Gasteiger partial charge is 0.310 e. The van der Waals surface area contributed by atoms with Crippen LogP contribution < -0.4 is 4.90 Å². The van der Waals surface area contributed by atoms with Crippen molar-refractivity contribution in [2.45, 2.75) is 12.8 Å². The Morgan fingerprint density at radius 3 is 2.53 bits per heavy atom. The van der Waals surface area contributed by atoms with E-state index < -0.39 is 11.9 Å². The number of rotatable bonds is 3. The zero-order valence-electron chi connectivity index (χ0n) is 8.99. The average molecular weight is 272 g/mol. The first-order valence-corrected chi connectivity index (χ1v) is 5.42. The summed E-state index contributed by atoms with van der Waals surface area (Å²) in [5.74, 6) is -1.28. The molecule has 0 saturated carbocycles. The van der Waals surface area contributed by atoms with Crippen LogP contribution in [0, 0.1) is 0 Å². The monoisotopic (exact) mass is 271 g/mol. The van der Waals surface area contributed by atoms with E-state index in [0.717, 1.165) is 15.7 Å². The number of nitrogens with zero attached hydrogens (tertiary/aromatic N) is 1. The third-order valence-corrected chi connectivity index (χ3v) is 2.99. The summed E-state index contributed by atoms with van der Waals surface area (Å²) in [6.07, 6.45) is 0. The van der Waals surface area contributed by atoms with Gasteiger partial charge in [-0.2, -0.15) is 0 Å². The molecule has 1 rings (SSSR count). The minimum absolute atomic E-state index is 0.475. The topological polar surface area (TPSA) is 40.5 Å². The first-order chi connectivity index (χ1) is 6.93. The van der Waals surface area contributed by atoms with Gasteiger partial charge in [-0.25, -0.2) is 0 Å². The van der Waals surface area contributed by atoms with E-state index in [0.29, 0.717) is 0 Å². The lowest BCUT2D eigenvalue weighted by atomic mass is 10.0. The summed E-state index contributed by atoms with van der Waals surface area (Å²) in [4.78, 5) is 12.8. The lowest BCUT2D eigenvalue weighted by Gasteiger charge is -2.17. The first-order valence-electron chi connectivity index (χ1n) is 4.63. The molecule has 4 heteroatoms. The Morgan fingerprint density at radius 2 is 2.07 bits per heavy atom. The number of carboxylic acid groups (broad SMARTS) is 1. The molecule has 0 spiro atoms. The van der Waals surface area contributed by atoms with Crippen molar-refractivity contribution in [3.63, 3.8) is 0 Å². The molecular weight excluding hydrogens is 258 g/mol. The van der Waals surface area contributed by atoms with Crippen LogP contribution in [0.1, 0.15) is 18.4 Å². The van der Waals surface area contributed by atoms with Gasteiger partial charge in [0.1, 0.15) is 0 Å². The number of benzene rings is 1. The van der Waals surface area contributed by atoms with Crippen LogP contribution in [0.25, 0.3) is 0 Å². The molecular formula is C11H14BrNO2. The van der Waals surface area contributed by atoms with Gasteiger partial charge in [0.15, 0.2) is 0 Å². The van der Waals surface area contributed by atoms with Crippen LogP contribution in [0.3, 0.4) is 0 Å². The first kappa shape index (κ1) is 12.0. The highest BCUT2D eigenvalue weighted by Gasteiger charge is 2.15. The van der Waals surface area contributed by atoms with E-state index in [1.165, 1.54) is 0 Å². The number of aliphatic carboxylic acids is 1. The predicted molar refractivity (Wildman–Crippen MR) is 64.5 cm³/mol. The minimum Gasteiger partial charge on any atom is -0.481 e. The lowest BCUT2D eigenvalue weighted by molar-refractivity contribution is -0.138. The van der Waals surface area contributed by atoms with Gasteiger partial charge < -0.3 is 10.0 Å². The predicted octanol–water partition coefficient (Wildman–Crippen LogP) is 2.70. The van der Waals surface area contributed by atoms with E-state index >= 15 is 0 Å². The standard InChI is InChI=1S/C11H14BrNO2/c1-7(11(14)15)8-4-5-9(12)10(6-8)13(2)3/h4-7H,1-3H3,(H,14,15). The van der Waals surface area contributed by atoms with Crippen LogP contribution in [0.5, 0.6) is 0 Å². The van der Waals surface area contributed by atoms with Crippen molar-refractivity contribution in [1.29, 1.82) is 0 Å². The van der Waals surface area contributed by atoms with Gasteiger partial charge in [-0.15, -0.1) is 0 Å². The summed E-state index contributed by atoms with van der Waals surface area (Å²) in [6.45, 7) is 1.69. The fraction of sp³-hybridized carbons (Fsp3) is 0.364. The van der Waals surface area contributed by atoms with Crippen LogP contribution >= 0.6 is 15.9 Å². The maximum atomic E-state index is 10.8. The second-order valence-corrected chi connectivity index (χ2v) is 4.52. The molecule has 1 unspecified atom stereocenters. The molecule has 1 N–H and O–H groups in total. The summed E-state index contributed by atoms with van der Waals surface area (Å²) in [5, 5.41) is 8.91. The number of hydrogen-bond acceptors (Lipinski definition) is 2. The summed E-state index contributed by atoms with van der Waals surface area (Å²) in [5.41, 5.74) is 1.80. The van der Waals surface area contributed by atoms with E-state index in [4.69, 9.17) is 5.11 Å². The highest BCUT2D eigenvalue weighted by Crippen LogP contribution is 2.28. The number of anilines is 1. The summed E-state index contributed by atoms with van der Waals surface area (Å²) in [6, 6.07) is 5.60. The number of halogens is 1. The third-order valence-electron chi connectivity index (χ3n) is 2.32. The van der Waals surface area contributed by atoms with E-state index in [-0.39, 0.29) is 0 Å². The van der Waals surface area contributed by atoms with E-state index in [9.17, 15) is 4.79 Å². The molecule has 82 valence electrons. The largest absolute Gasteiger partial charge is 0.481 e. The van der Waals surface area contributed by atoms with Gasteiger partial charge in [0.05, 0.1) is 11.6 Å². The molecule has 15 heavy (non-hydrogen) atoms. The van der Waals surface area contributed by atoms with Crippen LogP contribution in [0.4, 0.5) is 5.69 Å². The normalized spacial score (nSPS) is 12.3. The van der Waals surface area contributed by atoms with Crippen molar-refractivity contribution < 1.29 is 9.90 Å². The number of hydrogen-bond donors (Lipinski definition) is 1. The molecule has 0 radical (unpaired) electrons. The summed E-state index contributed by atoms with van der Waals surface area (Å²) < 4.78 is 0.967. The van der Waals surface area contributed by atoms with Gasteiger partial charge >= 0.3 is 5.97 Å². The fourth-order valence-electron chi connectivity index (χ4n) is 1.28. The van der Waals surface area contributed by atoms with Gasteiger partial charge in [0, 0.05) is 18.6 Å². The Labute approximate surface area is 97.8 Å². The van der Waals surface area contributed by atoms with Gasteiger partial charge in [-0.3, -0.25) is 4.79 Å². The number of carboxylic acids is 1. The zero-order valence-corrected chi connectivity index (χ0v) is 10.6. The van der Waals surface area contributed by atoms with Crippen LogP contribution in [-0.2, 0) is 4.79 Å². The van der Waals surface area contributed by atoms with Crippen molar-refractivity contribution >= 4 is 27.6 Å². The molecule has 0 saturated heterocycles. The molecule has 3 nitrogen and oxygen atoms in total. The maximum Gasteiger partial charge on any atom is 0.310 e. The van der Waals surface area contributed by atoms with Crippen LogP contribution in [-0.4, -0.2) is 25.2 Å². The molecule has 0 aliphatic carbocycles. The second-order valence-electron chi connectivity index (χ2n) is 3.67. The molecule has 1 aromatic carbocycles. The Bertz CT molecular complexity index is 377. The molecule has 0 aromatic heterocycles. The molecule has 0 aliphatic rings. The Kier molecular flexibility index (Phi) is 3.74. The molecule has 0 bridgehead atoms. The van der Waals surface area contributed by atoms with Crippen molar-refractivity contribution in [2.24, 2.45) is 0 Å².